The number of esters is 1. The number of benzene rings is 2. The maximum absolute atomic E-state index is 13.1. The van der Waals surface area contributed by atoms with Crippen LogP contribution >= 0.6 is 0 Å². The first-order valence-electron chi connectivity index (χ1n) is 10.0. The van der Waals surface area contributed by atoms with E-state index in [4.69, 9.17) is 19.5 Å². The number of nitriles is 1. The Labute approximate surface area is 187 Å². The molecule has 0 spiro atoms. The van der Waals surface area contributed by atoms with Crippen molar-refractivity contribution in [3.8, 4) is 23.3 Å². The molecule has 2 aromatic rings. The molecule has 2 aromatic carbocycles. The van der Waals surface area contributed by atoms with Gasteiger partial charge in [0, 0.05) is 25.2 Å². The highest BCUT2D eigenvalue weighted by Gasteiger charge is 2.29. The average molecular weight is 457 g/mol. The second-order valence-corrected chi connectivity index (χ2v) is 9.01. The Kier molecular flexibility index (Phi) is 7.51. The Bertz CT molecular complexity index is 1160. The van der Waals surface area contributed by atoms with Crippen LogP contribution in [0.15, 0.2) is 47.4 Å². The summed E-state index contributed by atoms with van der Waals surface area (Å²) < 4.78 is 43.4. The molecule has 0 aromatic heterocycles. The van der Waals surface area contributed by atoms with Gasteiger partial charge in [0.2, 0.25) is 10.0 Å². The van der Waals surface area contributed by atoms with E-state index in [1.54, 1.807) is 12.1 Å². The zero-order valence-corrected chi connectivity index (χ0v) is 18.7. The number of hydrogen-bond donors (Lipinski definition) is 0. The van der Waals surface area contributed by atoms with Crippen LogP contribution in [0.2, 0.25) is 0 Å². The molecule has 0 aliphatic carbocycles. The van der Waals surface area contributed by atoms with Gasteiger partial charge in [-0.25, -0.2) is 13.2 Å². The van der Waals surface area contributed by atoms with Gasteiger partial charge >= 0.3 is 5.97 Å². The van der Waals surface area contributed by atoms with Gasteiger partial charge in [0.15, 0.2) is 11.5 Å². The largest absolute Gasteiger partial charge is 0.495 e. The van der Waals surface area contributed by atoms with Gasteiger partial charge < -0.3 is 14.2 Å². The predicted octanol–water partition coefficient (Wildman–Crippen LogP) is 3.37. The fourth-order valence-corrected chi connectivity index (χ4v) is 5.08. The molecular formula is C23H24N2O6S. The number of rotatable bonds is 7. The highest BCUT2D eigenvalue weighted by atomic mass is 32.2. The van der Waals surface area contributed by atoms with Crippen LogP contribution < -0.4 is 14.2 Å². The first-order chi connectivity index (χ1) is 15.4. The van der Waals surface area contributed by atoms with Gasteiger partial charge in [-0.15, -0.1) is 0 Å². The molecule has 9 heteroatoms. The van der Waals surface area contributed by atoms with Crippen molar-refractivity contribution in [3.63, 3.8) is 0 Å². The third-order valence-corrected chi connectivity index (χ3v) is 6.96. The van der Waals surface area contributed by atoms with Crippen molar-refractivity contribution in [2.75, 3.05) is 27.3 Å². The summed E-state index contributed by atoms with van der Waals surface area (Å²) in [6.45, 7) is 0.953. The summed E-state index contributed by atoms with van der Waals surface area (Å²) >= 11 is 0. The quantitative estimate of drug-likeness (QED) is 0.357. The van der Waals surface area contributed by atoms with Crippen molar-refractivity contribution >= 4 is 22.1 Å². The summed E-state index contributed by atoms with van der Waals surface area (Å²) in [6.07, 6.45) is 5.32. The zero-order chi connectivity index (χ0) is 23.1. The summed E-state index contributed by atoms with van der Waals surface area (Å²) in [4.78, 5) is 12.3. The lowest BCUT2D eigenvalue weighted by Gasteiger charge is -2.26. The molecule has 0 radical (unpaired) electrons. The van der Waals surface area contributed by atoms with Crippen LogP contribution in [0, 0.1) is 11.3 Å². The highest BCUT2D eigenvalue weighted by molar-refractivity contribution is 7.89. The van der Waals surface area contributed by atoms with Gasteiger partial charge in [0.25, 0.3) is 0 Å². The molecule has 1 fully saturated rings. The van der Waals surface area contributed by atoms with Gasteiger partial charge in [-0.3, -0.25) is 0 Å². The first-order valence-corrected chi connectivity index (χ1v) is 11.5. The minimum absolute atomic E-state index is 0.0613. The van der Waals surface area contributed by atoms with Gasteiger partial charge in [0.1, 0.15) is 10.6 Å². The van der Waals surface area contributed by atoms with E-state index in [0.29, 0.717) is 24.2 Å². The summed E-state index contributed by atoms with van der Waals surface area (Å²) in [5.74, 6) is -0.00344. The fourth-order valence-electron chi connectivity index (χ4n) is 3.37. The smallest absolute Gasteiger partial charge is 0.336 e. The molecule has 8 nitrogen and oxygen atoms in total. The number of hydrogen-bond acceptors (Lipinski definition) is 7. The average Bonchev–Trinajstić information content (AvgIpc) is 2.83. The number of carbonyl (C=O) groups excluding carboxylic acids is 1. The third kappa shape index (κ3) is 5.28. The monoisotopic (exact) mass is 456 g/mol. The molecule has 1 aliphatic heterocycles. The van der Waals surface area contributed by atoms with E-state index < -0.39 is 16.0 Å². The second kappa shape index (κ2) is 10.3. The Balaban J connectivity index is 1.81. The van der Waals surface area contributed by atoms with Crippen molar-refractivity contribution < 1.29 is 27.4 Å². The number of nitrogens with zero attached hydrogens (tertiary/aromatic N) is 2. The van der Waals surface area contributed by atoms with E-state index >= 15 is 0 Å². The van der Waals surface area contributed by atoms with Crippen molar-refractivity contribution in [2.45, 2.75) is 24.2 Å². The van der Waals surface area contributed by atoms with Crippen molar-refractivity contribution in [3.05, 3.63) is 53.6 Å². The number of ether oxygens (including phenoxy) is 3. The Morgan fingerprint density at radius 3 is 2.34 bits per heavy atom. The van der Waals surface area contributed by atoms with Crippen LogP contribution in [0.3, 0.4) is 0 Å². The normalized spacial score (nSPS) is 14.7. The molecule has 1 saturated heterocycles. The van der Waals surface area contributed by atoms with E-state index in [1.165, 1.54) is 54.9 Å². The number of sulfonamides is 1. The lowest BCUT2D eigenvalue weighted by Crippen LogP contribution is -2.35. The van der Waals surface area contributed by atoms with Gasteiger partial charge in [0.05, 0.1) is 25.9 Å². The van der Waals surface area contributed by atoms with Crippen LogP contribution in [-0.4, -0.2) is 46.0 Å². The molecule has 0 atom stereocenters. The van der Waals surface area contributed by atoms with Crippen molar-refractivity contribution in [1.82, 2.24) is 4.31 Å². The van der Waals surface area contributed by atoms with Crippen LogP contribution in [0.4, 0.5) is 0 Å². The Morgan fingerprint density at radius 2 is 1.69 bits per heavy atom. The van der Waals surface area contributed by atoms with E-state index in [-0.39, 0.29) is 22.1 Å². The molecule has 0 bridgehead atoms. The van der Waals surface area contributed by atoms with Crippen LogP contribution in [-0.2, 0) is 14.8 Å². The lowest BCUT2D eigenvalue weighted by atomic mass is 10.2. The van der Waals surface area contributed by atoms with E-state index in [1.807, 2.05) is 6.07 Å². The number of carbonyl (C=O) groups is 1. The summed E-state index contributed by atoms with van der Waals surface area (Å²) in [5.41, 5.74) is 0.878. The molecule has 1 heterocycles. The van der Waals surface area contributed by atoms with E-state index in [0.717, 1.165) is 19.3 Å². The molecule has 32 heavy (non-hydrogen) atoms. The molecule has 1 aliphatic rings. The summed E-state index contributed by atoms with van der Waals surface area (Å²) in [7, 11) is -0.888. The zero-order valence-electron chi connectivity index (χ0n) is 17.9. The molecular weight excluding hydrogens is 432 g/mol. The topological polar surface area (TPSA) is 106 Å². The molecule has 168 valence electrons. The molecule has 0 N–H and O–H groups in total. The SMILES string of the molecule is COc1cc(C#N)ccc1OC(=O)/C=C/c1ccc(OC)c(S(=O)(=O)N2CCCCC2)c1. The maximum atomic E-state index is 13.1. The molecule has 3 rings (SSSR count). The molecule has 0 saturated carbocycles. The fraction of sp³-hybridized carbons (Fsp3) is 0.304. The minimum atomic E-state index is -3.71. The van der Waals surface area contributed by atoms with Gasteiger partial charge in [-0.1, -0.05) is 12.5 Å². The van der Waals surface area contributed by atoms with Crippen LogP contribution in [0.1, 0.15) is 30.4 Å². The van der Waals surface area contributed by atoms with Gasteiger partial charge in [-0.2, -0.15) is 9.57 Å². The molecule has 0 amide bonds. The van der Waals surface area contributed by atoms with E-state index in [9.17, 15) is 13.2 Å². The van der Waals surface area contributed by atoms with Crippen LogP contribution in [0.5, 0.6) is 17.2 Å². The third-order valence-electron chi connectivity index (χ3n) is 5.04. The van der Waals surface area contributed by atoms with Crippen LogP contribution in [0.25, 0.3) is 6.08 Å². The number of methoxy groups -OCH3 is 2. The maximum Gasteiger partial charge on any atom is 0.336 e. The van der Waals surface area contributed by atoms with Crippen molar-refractivity contribution in [2.24, 2.45) is 0 Å². The predicted molar refractivity (Wildman–Crippen MR) is 118 cm³/mol. The standard InChI is InChI=1S/C23H24N2O6S/c1-29-20-10-6-17(15-22(20)32(27,28)25-12-4-3-5-13-25)8-11-23(26)31-19-9-7-18(16-24)14-21(19)30-2/h6-11,14-15H,3-5,12-13H2,1-2H3/b11-8+. The summed E-state index contributed by atoms with van der Waals surface area (Å²) in [5, 5.41) is 8.96. The number of piperidine rings is 1. The molecule has 0 unspecified atom stereocenters. The van der Waals surface area contributed by atoms with Gasteiger partial charge in [-0.05, 0) is 48.7 Å². The Hall–Kier alpha value is -3.35. The Morgan fingerprint density at radius 1 is 1.00 bits per heavy atom. The minimum Gasteiger partial charge on any atom is -0.495 e. The summed E-state index contributed by atoms with van der Waals surface area (Å²) in [6, 6.07) is 11.1. The lowest BCUT2D eigenvalue weighted by molar-refractivity contribution is -0.129. The van der Waals surface area contributed by atoms with Crippen molar-refractivity contribution in [1.29, 1.82) is 5.26 Å². The first kappa shape index (κ1) is 23.3. The second-order valence-electron chi connectivity index (χ2n) is 7.11. The van der Waals surface area contributed by atoms with E-state index in [2.05, 4.69) is 0 Å². The highest BCUT2D eigenvalue weighted by Crippen LogP contribution is 2.30.